The second-order valence-electron chi connectivity index (χ2n) is 6.94. The molecule has 0 saturated carbocycles. The second kappa shape index (κ2) is 8.39. The average Bonchev–Trinajstić information content (AvgIpc) is 3.34. The van der Waals surface area contributed by atoms with E-state index in [0.29, 0.717) is 17.0 Å². The van der Waals surface area contributed by atoms with Crippen molar-refractivity contribution in [3.8, 4) is 0 Å². The van der Waals surface area contributed by atoms with Gasteiger partial charge in [0.25, 0.3) is 11.8 Å². The summed E-state index contributed by atoms with van der Waals surface area (Å²) in [5, 5.41) is 9.18. The summed E-state index contributed by atoms with van der Waals surface area (Å²) < 4.78 is 13.3. The van der Waals surface area contributed by atoms with Crippen molar-refractivity contribution in [1.29, 1.82) is 0 Å². The summed E-state index contributed by atoms with van der Waals surface area (Å²) in [5.41, 5.74) is 2.31. The molecule has 5 nitrogen and oxygen atoms in total. The molecule has 0 spiro atoms. The Labute approximate surface area is 172 Å². The molecule has 1 fully saturated rings. The van der Waals surface area contributed by atoms with Crippen LogP contribution in [0.4, 0.5) is 15.8 Å². The van der Waals surface area contributed by atoms with Gasteiger partial charge < -0.3 is 10.0 Å². The number of hydrogen-bond donors (Lipinski definition) is 1. The molecule has 150 valence electrons. The van der Waals surface area contributed by atoms with E-state index in [9.17, 15) is 19.1 Å². The highest BCUT2D eigenvalue weighted by Gasteiger charge is 2.40. The van der Waals surface area contributed by atoms with Crippen molar-refractivity contribution in [3.63, 3.8) is 0 Å². The lowest BCUT2D eigenvalue weighted by Gasteiger charge is -2.20. The normalized spacial score (nSPS) is 17.0. The van der Waals surface area contributed by atoms with Gasteiger partial charge >= 0.3 is 0 Å². The number of benzene rings is 2. The topological polar surface area (TPSA) is 60.9 Å². The summed E-state index contributed by atoms with van der Waals surface area (Å²) in [6, 6.07) is 12.9. The van der Waals surface area contributed by atoms with Gasteiger partial charge in [-0.15, -0.1) is 11.8 Å². The van der Waals surface area contributed by atoms with Crippen molar-refractivity contribution in [3.05, 3.63) is 64.8 Å². The first-order valence-electron chi connectivity index (χ1n) is 9.58. The van der Waals surface area contributed by atoms with Gasteiger partial charge in [-0.05, 0) is 54.8 Å². The van der Waals surface area contributed by atoms with E-state index >= 15 is 0 Å². The number of rotatable bonds is 6. The highest BCUT2D eigenvalue weighted by atomic mass is 32.2. The summed E-state index contributed by atoms with van der Waals surface area (Å²) in [4.78, 5) is 30.0. The molecule has 2 aliphatic rings. The highest BCUT2D eigenvalue weighted by molar-refractivity contribution is 8.04. The lowest BCUT2D eigenvalue weighted by molar-refractivity contribution is -0.119. The van der Waals surface area contributed by atoms with Gasteiger partial charge in [0.2, 0.25) is 0 Å². The van der Waals surface area contributed by atoms with Gasteiger partial charge in [0.1, 0.15) is 5.82 Å². The maximum atomic E-state index is 13.3. The standard InChI is InChI=1S/C22H21FN2O3S/c23-16-5-3-15(4-6-16)19-20(29-14-13-26)22(28)25(21(19)27)18-9-7-17(8-10-18)24-11-1-2-12-24/h3-10,26H,1-2,11-14H2. The van der Waals surface area contributed by atoms with Crippen LogP contribution in [0.15, 0.2) is 53.4 Å². The van der Waals surface area contributed by atoms with Gasteiger partial charge in [-0.3, -0.25) is 9.59 Å². The molecule has 0 aliphatic carbocycles. The van der Waals surface area contributed by atoms with Gasteiger partial charge in [0.05, 0.1) is 22.8 Å². The van der Waals surface area contributed by atoms with Crippen molar-refractivity contribution in [2.75, 3.05) is 35.2 Å². The monoisotopic (exact) mass is 412 g/mol. The number of imide groups is 1. The molecule has 2 aliphatic heterocycles. The Hall–Kier alpha value is -2.64. The Morgan fingerprint density at radius 3 is 2.14 bits per heavy atom. The predicted molar refractivity (Wildman–Crippen MR) is 113 cm³/mol. The minimum absolute atomic E-state index is 0.114. The van der Waals surface area contributed by atoms with Crippen molar-refractivity contribution in [2.45, 2.75) is 12.8 Å². The molecule has 0 aromatic heterocycles. The van der Waals surface area contributed by atoms with E-state index in [4.69, 9.17) is 0 Å². The zero-order valence-electron chi connectivity index (χ0n) is 15.8. The average molecular weight is 412 g/mol. The molecule has 1 N–H and O–H groups in total. The van der Waals surface area contributed by atoms with Crippen molar-refractivity contribution in [1.82, 2.24) is 0 Å². The number of thioether (sulfide) groups is 1. The lowest BCUT2D eigenvalue weighted by Crippen LogP contribution is -2.31. The van der Waals surface area contributed by atoms with Crippen LogP contribution in [0.5, 0.6) is 0 Å². The molecule has 0 bridgehead atoms. The number of amides is 2. The van der Waals surface area contributed by atoms with Crippen LogP contribution < -0.4 is 9.80 Å². The molecule has 4 rings (SSSR count). The fraction of sp³-hybridized carbons (Fsp3) is 0.273. The lowest BCUT2D eigenvalue weighted by atomic mass is 10.1. The smallest absolute Gasteiger partial charge is 0.272 e. The molecule has 0 radical (unpaired) electrons. The summed E-state index contributed by atoms with van der Waals surface area (Å²) in [7, 11) is 0. The molecule has 2 heterocycles. The SMILES string of the molecule is O=C1C(SCCO)=C(c2ccc(F)cc2)C(=O)N1c1ccc(N2CCCC2)cc1. The first-order chi connectivity index (χ1) is 14.1. The highest BCUT2D eigenvalue weighted by Crippen LogP contribution is 2.38. The molecule has 0 unspecified atom stereocenters. The number of halogens is 1. The molecule has 7 heteroatoms. The van der Waals surface area contributed by atoms with E-state index in [0.717, 1.165) is 35.4 Å². The summed E-state index contributed by atoms with van der Waals surface area (Å²) in [6.07, 6.45) is 2.34. The Morgan fingerprint density at radius 2 is 1.52 bits per heavy atom. The number of anilines is 2. The van der Waals surface area contributed by atoms with Crippen LogP contribution >= 0.6 is 11.8 Å². The number of aliphatic hydroxyl groups excluding tert-OH is 1. The van der Waals surface area contributed by atoms with Gasteiger partial charge in [-0.1, -0.05) is 12.1 Å². The number of nitrogens with zero attached hydrogens (tertiary/aromatic N) is 2. The largest absolute Gasteiger partial charge is 0.396 e. The molecule has 0 atom stereocenters. The Balaban J connectivity index is 1.66. The van der Waals surface area contributed by atoms with Crippen LogP contribution in [0.3, 0.4) is 0 Å². The summed E-state index contributed by atoms with van der Waals surface area (Å²) in [5.74, 6) is -0.969. The van der Waals surface area contributed by atoms with Gasteiger partial charge in [0, 0.05) is 24.5 Å². The van der Waals surface area contributed by atoms with Crippen molar-refractivity contribution < 1.29 is 19.1 Å². The molecule has 1 saturated heterocycles. The quantitative estimate of drug-likeness (QED) is 0.737. The van der Waals surface area contributed by atoms with E-state index in [1.54, 1.807) is 12.1 Å². The minimum Gasteiger partial charge on any atom is -0.396 e. The number of aliphatic hydroxyl groups is 1. The maximum absolute atomic E-state index is 13.3. The summed E-state index contributed by atoms with van der Waals surface area (Å²) >= 11 is 1.14. The van der Waals surface area contributed by atoms with E-state index in [-0.39, 0.29) is 17.1 Å². The first kappa shape index (κ1) is 19.7. The first-order valence-corrected chi connectivity index (χ1v) is 10.6. The van der Waals surface area contributed by atoms with E-state index in [1.807, 2.05) is 12.1 Å². The van der Waals surface area contributed by atoms with Gasteiger partial charge in [-0.25, -0.2) is 9.29 Å². The van der Waals surface area contributed by atoms with E-state index in [2.05, 4.69) is 4.90 Å². The third-order valence-corrected chi connectivity index (χ3v) is 6.15. The van der Waals surface area contributed by atoms with Crippen LogP contribution in [-0.4, -0.2) is 42.4 Å². The van der Waals surface area contributed by atoms with Crippen LogP contribution in [0.2, 0.25) is 0 Å². The minimum atomic E-state index is -0.434. The Kier molecular flexibility index (Phi) is 5.69. The van der Waals surface area contributed by atoms with Gasteiger partial charge in [-0.2, -0.15) is 0 Å². The molecular weight excluding hydrogens is 391 g/mol. The number of carbonyl (C=O) groups is 2. The third kappa shape index (κ3) is 3.80. The zero-order chi connectivity index (χ0) is 20.4. The molecule has 2 amide bonds. The van der Waals surface area contributed by atoms with E-state index < -0.39 is 17.6 Å². The number of carbonyl (C=O) groups excluding carboxylic acids is 2. The Bertz CT molecular complexity index is 951. The van der Waals surface area contributed by atoms with Gasteiger partial charge in [0.15, 0.2) is 0 Å². The molecule has 29 heavy (non-hydrogen) atoms. The van der Waals surface area contributed by atoms with Crippen molar-refractivity contribution >= 4 is 40.5 Å². The predicted octanol–water partition coefficient (Wildman–Crippen LogP) is 3.44. The second-order valence-corrected chi connectivity index (χ2v) is 8.04. The van der Waals surface area contributed by atoms with Crippen LogP contribution in [0, 0.1) is 5.82 Å². The third-order valence-electron chi connectivity index (χ3n) is 5.09. The molecule has 2 aromatic rings. The number of hydrogen-bond acceptors (Lipinski definition) is 5. The van der Waals surface area contributed by atoms with E-state index in [1.165, 1.54) is 37.1 Å². The fourth-order valence-corrected chi connectivity index (χ4v) is 4.54. The molecular formula is C22H21FN2O3S. The van der Waals surface area contributed by atoms with Crippen molar-refractivity contribution in [2.24, 2.45) is 0 Å². The zero-order valence-corrected chi connectivity index (χ0v) is 16.6. The van der Waals surface area contributed by atoms with Crippen LogP contribution in [0.1, 0.15) is 18.4 Å². The molecule has 2 aromatic carbocycles. The Morgan fingerprint density at radius 1 is 0.897 bits per heavy atom. The van der Waals surface area contributed by atoms with Crippen LogP contribution in [-0.2, 0) is 9.59 Å². The maximum Gasteiger partial charge on any atom is 0.272 e. The fourth-order valence-electron chi connectivity index (χ4n) is 3.68. The van der Waals surface area contributed by atoms with Crippen LogP contribution in [0.25, 0.3) is 5.57 Å². The summed E-state index contributed by atoms with van der Waals surface area (Å²) in [6.45, 7) is 1.91.